The van der Waals surface area contributed by atoms with Crippen LogP contribution in [0.4, 0.5) is 5.69 Å². The van der Waals surface area contributed by atoms with Crippen LogP contribution in [0.1, 0.15) is 53.6 Å². The molecule has 1 saturated carbocycles. The third-order valence-corrected chi connectivity index (χ3v) is 5.91. The Morgan fingerprint density at radius 2 is 1.89 bits per heavy atom. The van der Waals surface area contributed by atoms with E-state index in [1.165, 1.54) is 22.7 Å². The zero-order valence-electron chi connectivity index (χ0n) is 16.6. The number of nitrogens with one attached hydrogen (secondary N) is 1. The van der Waals surface area contributed by atoms with Gasteiger partial charge in [-0.05, 0) is 51.0 Å². The van der Waals surface area contributed by atoms with Crippen molar-refractivity contribution in [1.82, 2.24) is 5.32 Å². The van der Waals surface area contributed by atoms with Gasteiger partial charge in [0.25, 0.3) is 5.91 Å². The van der Waals surface area contributed by atoms with E-state index >= 15 is 0 Å². The van der Waals surface area contributed by atoms with Gasteiger partial charge in [-0.25, -0.2) is 0 Å². The van der Waals surface area contributed by atoms with E-state index in [0.29, 0.717) is 22.9 Å². The average molecular weight is 401 g/mol. The van der Waals surface area contributed by atoms with Crippen LogP contribution < -0.4 is 15.0 Å². The van der Waals surface area contributed by atoms with E-state index in [1.807, 2.05) is 50.2 Å². The summed E-state index contributed by atoms with van der Waals surface area (Å²) in [5, 5.41) is 3.11. The number of hydrogen-bond donors (Lipinski definition) is 1. The molecular weight excluding hydrogens is 372 g/mol. The van der Waals surface area contributed by atoms with Crippen LogP contribution in [0.15, 0.2) is 36.4 Å². The molecule has 5 nitrogen and oxygen atoms in total. The third kappa shape index (κ3) is 5.13. The number of nitrogens with zero attached hydrogens (tertiary/aromatic N) is 1. The molecule has 1 aromatic heterocycles. The van der Waals surface area contributed by atoms with E-state index in [0.717, 1.165) is 30.6 Å². The van der Waals surface area contributed by atoms with Gasteiger partial charge in [0.15, 0.2) is 0 Å². The molecule has 0 atom stereocenters. The van der Waals surface area contributed by atoms with Gasteiger partial charge in [0, 0.05) is 10.9 Å². The Bertz CT molecular complexity index is 812. The zero-order chi connectivity index (χ0) is 19.9. The number of hydrogen-bond acceptors (Lipinski definition) is 4. The second-order valence-electron chi connectivity index (χ2n) is 7.10. The lowest BCUT2D eigenvalue weighted by Crippen LogP contribution is -2.45. The predicted octanol–water partition coefficient (Wildman–Crippen LogP) is 4.55. The number of aryl methyl sites for hydroxylation is 1. The van der Waals surface area contributed by atoms with Gasteiger partial charge in [-0.15, -0.1) is 11.3 Å². The first-order chi connectivity index (χ1) is 13.6. The van der Waals surface area contributed by atoms with Gasteiger partial charge in [0.05, 0.1) is 17.2 Å². The number of para-hydroxylation sites is 2. The molecule has 3 rings (SSSR count). The van der Waals surface area contributed by atoms with Gasteiger partial charge in [-0.2, -0.15) is 0 Å². The van der Waals surface area contributed by atoms with E-state index < -0.39 is 0 Å². The maximum atomic E-state index is 13.2. The number of ether oxygens (including phenoxy) is 1. The lowest BCUT2D eigenvalue weighted by Gasteiger charge is -2.27. The smallest absolute Gasteiger partial charge is 0.268 e. The fraction of sp³-hybridized carbons (Fsp3) is 0.455. The van der Waals surface area contributed by atoms with Gasteiger partial charge in [0.2, 0.25) is 5.91 Å². The normalized spacial score (nSPS) is 14.5. The van der Waals surface area contributed by atoms with Crippen LogP contribution in [0.5, 0.6) is 5.75 Å². The van der Waals surface area contributed by atoms with Crippen molar-refractivity contribution >= 4 is 28.8 Å². The number of anilines is 1. The summed E-state index contributed by atoms with van der Waals surface area (Å²) in [4.78, 5) is 29.2. The van der Waals surface area contributed by atoms with Crippen molar-refractivity contribution in [3.63, 3.8) is 0 Å². The Kier molecular flexibility index (Phi) is 7.09. The number of carbonyl (C=O) groups is 2. The summed E-state index contributed by atoms with van der Waals surface area (Å²) < 4.78 is 5.72. The van der Waals surface area contributed by atoms with Gasteiger partial charge >= 0.3 is 0 Å². The van der Waals surface area contributed by atoms with Crippen molar-refractivity contribution in [2.24, 2.45) is 0 Å². The van der Waals surface area contributed by atoms with Crippen LogP contribution in [0.25, 0.3) is 0 Å². The van der Waals surface area contributed by atoms with Crippen molar-refractivity contribution in [2.45, 2.75) is 52.0 Å². The summed E-state index contributed by atoms with van der Waals surface area (Å²) in [6.45, 7) is 4.35. The van der Waals surface area contributed by atoms with Crippen molar-refractivity contribution < 1.29 is 14.3 Å². The molecule has 0 aliphatic heterocycles. The molecule has 2 aromatic rings. The van der Waals surface area contributed by atoms with E-state index in [1.54, 1.807) is 0 Å². The minimum Gasteiger partial charge on any atom is -0.492 e. The first-order valence-corrected chi connectivity index (χ1v) is 10.8. The highest BCUT2D eigenvalue weighted by molar-refractivity contribution is 7.14. The lowest BCUT2D eigenvalue weighted by molar-refractivity contribution is -0.120. The number of rotatable bonds is 7. The SMILES string of the molecule is CCOc1ccccc1N(CC(=O)NC1CCCCC1)C(=O)c1ccc(C)s1. The fourth-order valence-corrected chi connectivity index (χ4v) is 4.39. The standard InChI is InChI=1S/C22H28N2O3S/c1-3-27-19-12-8-7-11-18(19)24(22(26)20-14-13-16(2)28-20)15-21(25)23-17-9-5-4-6-10-17/h7-8,11-14,17H,3-6,9-10,15H2,1-2H3,(H,23,25). The van der Waals surface area contributed by atoms with E-state index in [4.69, 9.17) is 4.74 Å². The Morgan fingerprint density at radius 3 is 2.57 bits per heavy atom. The topological polar surface area (TPSA) is 58.6 Å². The van der Waals surface area contributed by atoms with Crippen LogP contribution in [0, 0.1) is 6.92 Å². The zero-order valence-corrected chi connectivity index (χ0v) is 17.4. The largest absolute Gasteiger partial charge is 0.492 e. The van der Waals surface area contributed by atoms with Crippen molar-refractivity contribution in [3.05, 3.63) is 46.2 Å². The Hall–Kier alpha value is -2.34. The summed E-state index contributed by atoms with van der Waals surface area (Å²) in [5.41, 5.74) is 0.624. The molecule has 0 saturated heterocycles. The van der Waals surface area contributed by atoms with E-state index in [2.05, 4.69) is 5.32 Å². The molecule has 1 aliphatic rings. The molecule has 1 aliphatic carbocycles. The summed E-state index contributed by atoms with van der Waals surface area (Å²) in [5.74, 6) is 0.306. The molecule has 0 radical (unpaired) electrons. The molecule has 2 amide bonds. The average Bonchev–Trinajstić information content (AvgIpc) is 3.14. The molecule has 1 aromatic carbocycles. The summed E-state index contributed by atoms with van der Waals surface area (Å²) >= 11 is 1.44. The monoisotopic (exact) mass is 400 g/mol. The minimum atomic E-state index is -0.177. The minimum absolute atomic E-state index is 0.0175. The van der Waals surface area contributed by atoms with Crippen LogP contribution in [-0.4, -0.2) is 31.0 Å². The number of thiophene rings is 1. The maximum Gasteiger partial charge on any atom is 0.268 e. The van der Waals surface area contributed by atoms with E-state index in [9.17, 15) is 9.59 Å². The highest BCUT2D eigenvalue weighted by Crippen LogP contribution is 2.30. The third-order valence-electron chi connectivity index (χ3n) is 4.92. The summed E-state index contributed by atoms with van der Waals surface area (Å²) in [6, 6.07) is 11.3. The lowest BCUT2D eigenvalue weighted by atomic mass is 9.95. The molecule has 1 heterocycles. The van der Waals surface area contributed by atoms with Crippen LogP contribution in [0.2, 0.25) is 0 Å². The van der Waals surface area contributed by atoms with Gasteiger partial charge < -0.3 is 10.1 Å². The molecule has 0 unspecified atom stereocenters. The van der Waals surface area contributed by atoms with E-state index in [-0.39, 0.29) is 24.4 Å². The number of amides is 2. The summed E-state index contributed by atoms with van der Waals surface area (Å²) in [7, 11) is 0. The number of carbonyl (C=O) groups excluding carboxylic acids is 2. The number of benzene rings is 1. The Labute approximate surface area is 170 Å². The van der Waals surface area contributed by atoms with Crippen LogP contribution >= 0.6 is 11.3 Å². The molecule has 1 fully saturated rings. The molecule has 150 valence electrons. The molecule has 6 heteroatoms. The van der Waals surface area contributed by atoms with Crippen LogP contribution in [-0.2, 0) is 4.79 Å². The van der Waals surface area contributed by atoms with Gasteiger partial charge in [-0.1, -0.05) is 31.4 Å². The second kappa shape index (κ2) is 9.73. The predicted molar refractivity (Wildman–Crippen MR) is 113 cm³/mol. The fourth-order valence-electron chi connectivity index (χ4n) is 3.57. The second-order valence-corrected chi connectivity index (χ2v) is 8.39. The van der Waals surface area contributed by atoms with Crippen molar-refractivity contribution in [2.75, 3.05) is 18.1 Å². The summed E-state index contributed by atoms with van der Waals surface area (Å²) in [6.07, 6.45) is 5.56. The molecular formula is C22H28N2O3S. The van der Waals surface area contributed by atoms with Crippen molar-refractivity contribution in [3.8, 4) is 5.75 Å². The van der Waals surface area contributed by atoms with Crippen LogP contribution in [0.3, 0.4) is 0 Å². The Balaban J connectivity index is 1.84. The quantitative estimate of drug-likeness (QED) is 0.742. The highest BCUT2D eigenvalue weighted by Gasteiger charge is 2.26. The van der Waals surface area contributed by atoms with Crippen molar-refractivity contribution in [1.29, 1.82) is 0 Å². The molecule has 0 spiro atoms. The highest BCUT2D eigenvalue weighted by atomic mass is 32.1. The first-order valence-electron chi connectivity index (χ1n) is 9.98. The van der Waals surface area contributed by atoms with Gasteiger partial charge in [0.1, 0.15) is 12.3 Å². The molecule has 0 bridgehead atoms. The molecule has 1 N–H and O–H groups in total. The molecule has 28 heavy (non-hydrogen) atoms. The maximum absolute atomic E-state index is 13.2. The Morgan fingerprint density at radius 1 is 1.14 bits per heavy atom. The van der Waals surface area contributed by atoms with Gasteiger partial charge in [-0.3, -0.25) is 14.5 Å². The first kappa shape index (κ1) is 20.4.